The Morgan fingerprint density at radius 2 is 1.75 bits per heavy atom. The molecule has 1 heterocycles. The van der Waals surface area contributed by atoms with Crippen molar-refractivity contribution in [2.24, 2.45) is 0 Å². The molecule has 0 atom stereocenters. The summed E-state index contributed by atoms with van der Waals surface area (Å²) in [6, 6.07) is 19.8. The summed E-state index contributed by atoms with van der Waals surface area (Å²) in [7, 11) is 0. The third kappa shape index (κ3) is 4.20. The van der Waals surface area contributed by atoms with Gasteiger partial charge in [-0.15, -0.1) is 6.58 Å². The Hall–Kier alpha value is -2.66. The van der Waals surface area contributed by atoms with Crippen molar-refractivity contribution in [3.63, 3.8) is 0 Å². The summed E-state index contributed by atoms with van der Waals surface area (Å²) in [6.07, 6.45) is 1.80. The highest BCUT2D eigenvalue weighted by Gasteiger charge is 2.07. The highest BCUT2D eigenvalue weighted by atomic mass is 79.9. The molecule has 0 radical (unpaired) electrons. The fourth-order valence-electron chi connectivity index (χ4n) is 2.21. The SMILES string of the molecule is C=CCNc1cc(Nc2cccc(Br)c2)nc(-c2ccccc2)n1. The molecule has 0 bridgehead atoms. The molecule has 5 heteroatoms. The molecule has 24 heavy (non-hydrogen) atoms. The third-order valence-electron chi connectivity index (χ3n) is 3.28. The molecule has 0 saturated heterocycles. The van der Waals surface area contributed by atoms with Crippen molar-refractivity contribution in [1.82, 2.24) is 9.97 Å². The Bertz CT molecular complexity index is 834. The van der Waals surface area contributed by atoms with E-state index >= 15 is 0 Å². The number of anilines is 3. The molecular weight excluding hydrogens is 364 g/mol. The molecule has 2 aromatic carbocycles. The smallest absolute Gasteiger partial charge is 0.163 e. The second-order valence-corrected chi connectivity index (χ2v) is 6.05. The van der Waals surface area contributed by atoms with Crippen molar-refractivity contribution in [2.45, 2.75) is 0 Å². The topological polar surface area (TPSA) is 49.8 Å². The van der Waals surface area contributed by atoms with Crippen LogP contribution in [0.15, 0.2) is 77.8 Å². The molecular formula is C19H17BrN4. The van der Waals surface area contributed by atoms with Gasteiger partial charge in [0.15, 0.2) is 5.82 Å². The Balaban J connectivity index is 1.96. The molecule has 0 saturated carbocycles. The fourth-order valence-corrected chi connectivity index (χ4v) is 2.61. The van der Waals surface area contributed by atoms with Crippen LogP contribution in [0.4, 0.5) is 17.3 Å². The summed E-state index contributed by atoms with van der Waals surface area (Å²) in [5.74, 6) is 2.15. The third-order valence-corrected chi connectivity index (χ3v) is 3.78. The number of benzene rings is 2. The van der Waals surface area contributed by atoms with Crippen LogP contribution in [0.5, 0.6) is 0 Å². The maximum absolute atomic E-state index is 4.63. The zero-order chi connectivity index (χ0) is 16.8. The lowest BCUT2D eigenvalue weighted by Crippen LogP contribution is -2.04. The molecule has 4 nitrogen and oxygen atoms in total. The zero-order valence-electron chi connectivity index (χ0n) is 13.0. The van der Waals surface area contributed by atoms with E-state index in [9.17, 15) is 0 Å². The number of nitrogens with one attached hydrogen (secondary N) is 2. The number of halogens is 1. The van der Waals surface area contributed by atoms with Crippen LogP contribution >= 0.6 is 15.9 Å². The first-order valence-corrected chi connectivity index (χ1v) is 8.36. The van der Waals surface area contributed by atoms with Crippen LogP contribution in [0.2, 0.25) is 0 Å². The summed E-state index contributed by atoms with van der Waals surface area (Å²) in [4.78, 5) is 9.21. The lowest BCUT2D eigenvalue weighted by Gasteiger charge is -2.11. The quantitative estimate of drug-likeness (QED) is 0.573. The number of aromatic nitrogens is 2. The Labute approximate surface area is 149 Å². The largest absolute Gasteiger partial charge is 0.366 e. The van der Waals surface area contributed by atoms with E-state index in [0.717, 1.165) is 27.4 Å². The molecule has 0 aliphatic carbocycles. The highest BCUT2D eigenvalue weighted by molar-refractivity contribution is 9.10. The molecule has 3 rings (SSSR count). The summed E-state index contributed by atoms with van der Waals surface area (Å²) in [6.45, 7) is 4.37. The van der Waals surface area contributed by atoms with E-state index in [0.29, 0.717) is 12.4 Å². The Morgan fingerprint density at radius 1 is 0.958 bits per heavy atom. The molecule has 0 amide bonds. The van der Waals surface area contributed by atoms with Gasteiger partial charge in [0.1, 0.15) is 11.6 Å². The van der Waals surface area contributed by atoms with Crippen LogP contribution in [0.1, 0.15) is 0 Å². The van der Waals surface area contributed by atoms with Crippen LogP contribution in [0, 0.1) is 0 Å². The van der Waals surface area contributed by atoms with Crippen LogP contribution in [0.25, 0.3) is 11.4 Å². The van der Waals surface area contributed by atoms with Gasteiger partial charge >= 0.3 is 0 Å². The van der Waals surface area contributed by atoms with Gasteiger partial charge in [-0.3, -0.25) is 0 Å². The monoisotopic (exact) mass is 380 g/mol. The van der Waals surface area contributed by atoms with E-state index in [1.54, 1.807) is 6.08 Å². The van der Waals surface area contributed by atoms with Crippen molar-refractivity contribution >= 4 is 33.3 Å². The molecule has 0 fully saturated rings. The maximum atomic E-state index is 4.63. The van der Waals surface area contributed by atoms with Crippen molar-refractivity contribution in [2.75, 3.05) is 17.2 Å². The maximum Gasteiger partial charge on any atom is 0.163 e. The summed E-state index contributed by atoms with van der Waals surface area (Å²) in [5.41, 5.74) is 1.92. The fraction of sp³-hybridized carbons (Fsp3) is 0.0526. The lowest BCUT2D eigenvalue weighted by atomic mass is 10.2. The van der Waals surface area contributed by atoms with Crippen molar-refractivity contribution in [3.05, 3.63) is 77.8 Å². The average molecular weight is 381 g/mol. The highest BCUT2D eigenvalue weighted by Crippen LogP contribution is 2.24. The predicted molar refractivity (Wildman–Crippen MR) is 104 cm³/mol. The first-order chi connectivity index (χ1) is 11.7. The molecule has 0 aliphatic rings. The number of nitrogens with zero attached hydrogens (tertiary/aromatic N) is 2. The van der Waals surface area contributed by atoms with Crippen molar-refractivity contribution in [3.8, 4) is 11.4 Å². The lowest BCUT2D eigenvalue weighted by molar-refractivity contribution is 1.15. The Kier molecular flexibility index (Phi) is 5.23. The summed E-state index contributed by atoms with van der Waals surface area (Å²) < 4.78 is 1.01. The Morgan fingerprint density at radius 3 is 2.50 bits per heavy atom. The molecule has 1 aromatic heterocycles. The van der Waals surface area contributed by atoms with E-state index in [4.69, 9.17) is 0 Å². The van der Waals surface area contributed by atoms with Crippen LogP contribution in [-0.4, -0.2) is 16.5 Å². The molecule has 3 aromatic rings. The molecule has 2 N–H and O–H groups in total. The molecule has 120 valence electrons. The van der Waals surface area contributed by atoms with Gasteiger partial charge in [0.05, 0.1) is 0 Å². The van der Waals surface area contributed by atoms with Gasteiger partial charge in [0.25, 0.3) is 0 Å². The van der Waals surface area contributed by atoms with Gasteiger partial charge in [0.2, 0.25) is 0 Å². The minimum Gasteiger partial charge on any atom is -0.366 e. The number of rotatable bonds is 6. The van der Waals surface area contributed by atoms with E-state index in [-0.39, 0.29) is 0 Å². The van der Waals surface area contributed by atoms with Crippen LogP contribution < -0.4 is 10.6 Å². The standard InChI is InChI=1S/C19H17BrN4/c1-2-11-21-17-13-18(22-16-10-6-9-15(20)12-16)24-19(23-17)14-7-4-3-5-8-14/h2-10,12-13H,1,11H2,(H2,21,22,23,24). The summed E-state index contributed by atoms with van der Waals surface area (Å²) in [5, 5.41) is 6.55. The van der Waals surface area contributed by atoms with Crippen LogP contribution in [-0.2, 0) is 0 Å². The van der Waals surface area contributed by atoms with E-state index < -0.39 is 0 Å². The first kappa shape index (κ1) is 16.2. The number of hydrogen-bond donors (Lipinski definition) is 2. The van der Waals surface area contributed by atoms with Gasteiger partial charge in [0, 0.05) is 28.3 Å². The van der Waals surface area contributed by atoms with E-state index in [1.165, 1.54) is 0 Å². The molecule has 0 spiro atoms. The first-order valence-electron chi connectivity index (χ1n) is 7.56. The van der Waals surface area contributed by atoms with Crippen LogP contribution in [0.3, 0.4) is 0 Å². The minimum absolute atomic E-state index is 0.640. The van der Waals surface area contributed by atoms with Crippen molar-refractivity contribution in [1.29, 1.82) is 0 Å². The van der Waals surface area contributed by atoms with Gasteiger partial charge in [-0.05, 0) is 18.2 Å². The summed E-state index contributed by atoms with van der Waals surface area (Å²) >= 11 is 3.48. The van der Waals surface area contributed by atoms with Crippen molar-refractivity contribution < 1.29 is 0 Å². The van der Waals surface area contributed by atoms with E-state index in [1.807, 2.05) is 60.7 Å². The van der Waals surface area contributed by atoms with Gasteiger partial charge in [-0.25, -0.2) is 9.97 Å². The second kappa shape index (κ2) is 7.75. The normalized spacial score (nSPS) is 10.2. The molecule has 0 aliphatic heterocycles. The predicted octanol–water partition coefficient (Wildman–Crippen LogP) is 5.25. The van der Waals surface area contributed by atoms with Gasteiger partial charge < -0.3 is 10.6 Å². The molecule has 0 unspecified atom stereocenters. The average Bonchev–Trinajstić information content (AvgIpc) is 2.60. The van der Waals surface area contributed by atoms with E-state index in [2.05, 4.69) is 43.1 Å². The minimum atomic E-state index is 0.640. The van der Waals surface area contributed by atoms with Gasteiger partial charge in [-0.1, -0.05) is 58.4 Å². The second-order valence-electron chi connectivity index (χ2n) is 5.13. The van der Waals surface area contributed by atoms with Gasteiger partial charge in [-0.2, -0.15) is 0 Å². The zero-order valence-corrected chi connectivity index (χ0v) is 14.6. The number of hydrogen-bond acceptors (Lipinski definition) is 4.